The second-order valence-electron chi connectivity index (χ2n) is 6.28. The molecule has 0 aromatic carbocycles. The number of hydrogen-bond acceptors (Lipinski definition) is 6. The number of esters is 1. The molecule has 124 valence electrons. The Hall–Kier alpha value is -1.76. The Morgan fingerprint density at radius 1 is 1.57 bits per heavy atom. The van der Waals surface area contributed by atoms with Gasteiger partial charge >= 0.3 is 5.97 Å². The highest BCUT2D eigenvalue weighted by Gasteiger charge is 2.36. The predicted octanol–water partition coefficient (Wildman–Crippen LogP) is 1.48. The van der Waals surface area contributed by atoms with Crippen LogP contribution < -0.4 is 11.1 Å². The maximum atomic E-state index is 12.2. The summed E-state index contributed by atoms with van der Waals surface area (Å²) < 4.78 is 5.00. The first kappa shape index (κ1) is 16.1. The lowest BCUT2D eigenvalue weighted by molar-refractivity contribution is -0.147. The molecule has 0 aromatic rings. The first-order valence-corrected chi connectivity index (χ1v) is 8.82. The molecule has 3 N–H and O–H groups in total. The number of thioether (sulfide) groups is 1. The standard InChI is InChI=1S/C16H21N3O3S/c1-16(7-8-23-15(17)19-16)10-3-2-4-11(9-10)18-14(21)12-5-6-13(20)22-12/h2,4,9-10,12H,3,5-8H2,1H3,(H2,17,19)(H,18,21)/t10?,12-,16-/m0/s1. The zero-order chi connectivity index (χ0) is 16.4. The fraction of sp³-hybridized carbons (Fsp3) is 0.562. The normalized spacial score (nSPS) is 33.7. The van der Waals surface area contributed by atoms with Crippen molar-refractivity contribution in [2.75, 3.05) is 5.75 Å². The molecule has 3 rings (SSSR count). The molecule has 1 aliphatic carbocycles. The number of allylic oxidation sites excluding steroid dienone is 2. The Morgan fingerprint density at radius 2 is 2.39 bits per heavy atom. The van der Waals surface area contributed by atoms with Gasteiger partial charge in [-0.2, -0.15) is 0 Å². The van der Waals surface area contributed by atoms with E-state index >= 15 is 0 Å². The Labute approximate surface area is 139 Å². The molecule has 1 unspecified atom stereocenters. The second kappa shape index (κ2) is 6.39. The molecule has 3 atom stereocenters. The van der Waals surface area contributed by atoms with E-state index in [0.29, 0.717) is 18.0 Å². The fourth-order valence-electron chi connectivity index (χ4n) is 3.10. The van der Waals surface area contributed by atoms with Crippen LogP contribution >= 0.6 is 11.8 Å². The summed E-state index contributed by atoms with van der Waals surface area (Å²) in [4.78, 5) is 27.9. The van der Waals surface area contributed by atoms with Crippen molar-refractivity contribution in [3.8, 4) is 0 Å². The third kappa shape index (κ3) is 3.60. The molecule has 0 spiro atoms. The molecule has 7 heteroatoms. The van der Waals surface area contributed by atoms with E-state index in [1.807, 2.05) is 18.2 Å². The third-order valence-corrected chi connectivity index (χ3v) is 5.33. The van der Waals surface area contributed by atoms with E-state index in [1.165, 1.54) is 0 Å². The number of ether oxygens (including phenoxy) is 1. The van der Waals surface area contributed by atoms with Crippen LogP contribution in [0.1, 0.15) is 32.6 Å². The number of rotatable bonds is 3. The number of hydrogen-bond donors (Lipinski definition) is 2. The largest absolute Gasteiger partial charge is 0.452 e. The summed E-state index contributed by atoms with van der Waals surface area (Å²) in [7, 11) is 0. The molecule has 23 heavy (non-hydrogen) atoms. The lowest BCUT2D eigenvalue weighted by Crippen LogP contribution is -2.39. The van der Waals surface area contributed by atoms with E-state index < -0.39 is 6.10 Å². The summed E-state index contributed by atoms with van der Waals surface area (Å²) in [6.45, 7) is 2.11. The van der Waals surface area contributed by atoms with E-state index in [1.54, 1.807) is 11.8 Å². The molecular formula is C16H21N3O3S. The van der Waals surface area contributed by atoms with Gasteiger partial charge in [0.1, 0.15) is 0 Å². The van der Waals surface area contributed by atoms with Gasteiger partial charge in [-0.05, 0) is 25.8 Å². The minimum Gasteiger partial charge on any atom is -0.452 e. The molecule has 2 heterocycles. The van der Waals surface area contributed by atoms with Crippen LogP contribution in [-0.2, 0) is 14.3 Å². The van der Waals surface area contributed by atoms with Gasteiger partial charge in [0.25, 0.3) is 5.91 Å². The van der Waals surface area contributed by atoms with Crippen LogP contribution in [0.3, 0.4) is 0 Å². The molecule has 1 amide bonds. The maximum Gasteiger partial charge on any atom is 0.306 e. The number of nitrogens with two attached hydrogens (primary N) is 1. The first-order valence-electron chi connectivity index (χ1n) is 7.83. The third-order valence-electron chi connectivity index (χ3n) is 4.54. The molecular weight excluding hydrogens is 314 g/mol. The van der Waals surface area contributed by atoms with Gasteiger partial charge in [-0.15, -0.1) is 0 Å². The summed E-state index contributed by atoms with van der Waals surface area (Å²) in [5, 5.41) is 3.48. The van der Waals surface area contributed by atoms with Crippen molar-refractivity contribution in [3.05, 3.63) is 23.9 Å². The average Bonchev–Trinajstić information content (AvgIpc) is 2.94. The second-order valence-corrected chi connectivity index (χ2v) is 7.39. The van der Waals surface area contributed by atoms with E-state index in [0.717, 1.165) is 24.3 Å². The van der Waals surface area contributed by atoms with E-state index in [2.05, 4.69) is 17.2 Å². The lowest BCUT2D eigenvalue weighted by Gasteiger charge is -2.36. The Morgan fingerprint density at radius 3 is 3.09 bits per heavy atom. The molecule has 0 radical (unpaired) electrons. The average molecular weight is 335 g/mol. The highest BCUT2D eigenvalue weighted by Crippen LogP contribution is 2.37. The molecule has 0 bridgehead atoms. The van der Waals surface area contributed by atoms with Crippen molar-refractivity contribution in [3.63, 3.8) is 0 Å². The summed E-state index contributed by atoms with van der Waals surface area (Å²) in [5.41, 5.74) is 6.38. The van der Waals surface area contributed by atoms with Crippen LogP contribution in [0.2, 0.25) is 0 Å². The molecule has 6 nitrogen and oxygen atoms in total. The SMILES string of the molecule is C[C@@]1(C2C=C(NC(=O)[C@@H]3CCC(=O)O3)C=CC2)CCSC(N)=N1. The van der Waals surface area contributed by atoms with Gasteiger partial charge in [0.2, 0.25) is 0 Å². The lowest BCUT2D eigenvalue weighted by atomic mass is 9.79. The van der Waals surface area contributed by atoms with Crippen molar-refractivity contribution in [2.45, 2.75) is 44.2 Å². The highest BCUT2D eigenvalue weighted by atomic mass is 32.2. The van der Waals surface area contributed by atoms with Crippen LogP contribution in [0, 0.1) is 5.92 Å². The first-order chi connectivity index (χ1) is 11.0. The number of nitrogens with zero attached hydrogens (tertiary/aromatic N) is 1. The smallest absolute Gasteiger partial charge is 0.306 e. The van der Waals surface area contributed by atoms with Gasteiger partial charge in [-0.3, -0.25) is 14.6 Å². The van der Waals surface area contributed by atoms with Crippen molar-refractivity contribution < 1.29 is 14.3 Å². The fourth-order valence-corrected chi connectivity index (χ4v) is 4.10. The summed E-state index contributed by atoms with van der Waals surface area (Å²) >= 11 is 1.58. The molecule has 1 saturated heterocycles. The van der Waals surface area contributed by atoms with Crippen molar-refractivity contribution in [2.24, 2.45) is 16.6 Å². The van der Waals surface area contributed by atoms with Crippen molar-refractivity contribution in [1.82, 2.24) is 5.32 Å². The molecule has 2 aliphatic heterocycles. The molecule has 0 aromatic heterocycles. The number of nitrogens with one attached hydrogen (secondary N) is 1. The number of carbonyl (C=O) groups excluding carboxylic acids is 2. The van der Waals surface area contributed by atoms with Gasteiger partial charge in [0.15, 0.2) is 11.3 Å². The van der Waals surface area contributed by atoms with Gasteiger partial charge in [-0.25, -0.2) is 0 Å². The maximum absolute atomic E-state index is 12.2. The van der Waals surface area contributed by atoms with Crippen LogP contribution in [0.25, 0.3) is 0 Å². The van der Waals surface area contributed by atoms with Crippen LogP contribution in [0.5, 0.6) is 0 Å². The van der Waals surface area contributed by atoms with Gasteiger partial charge in [0.05, 0.1) is 5.54 Å². The number of cyclic esters (lactones) is 1. The summed E-state index contributed by atoms with van der Waals surface area (Å²) in [5.74, 6) is 0.570. The monoisotopic (exact) mass is 335 g/mol. The number of carbonyl (C=O) groups is 2. The zero-order valence-electron chi connectivity index (χ0n) is 13.1. The van der Waals surface area contributed by atoms with Crippen LogP contribution in [0.15, 0.2) is 28.9 Å². The van der Waals surface area contributed by atoms with Crippen LogP contribution in [-0.4, -0.2) is 34.4 Å². The highest BCUT2D eigenvalue weighted by molar-refractivity contribution is 8.13. The van der Waals surface area contributed by atoms with E-state index in [-0.39, 0.29) is 23.3 Å². The topological polar surface area (TPSA) is 93.8 Å². The van der Waals surface area contributed by atoms with Crippen molar-refractivity contribution in [1.29, 1.82) is 0 Å². The minimum atomic E-state index is -0.674. The van der Waals surface area contributed by atoms with Gasteiger partial charge in [0, 0.05) is 30.2 Å². The van der Waals surface area contributed by atoms with Crippen molar-refractivity contribution >= 4 is 28.8 Å². The minimum absolute atomic E-state index is 0.188. The molecule has 1 fully saturated rings. The predicted molar refractivity (Wildman–Crippen MR) is 89.7 cm³/mol. The number of amidine groups is 1. The van der Waals surface area contributed by atoms with Gasteiger partial charge < -0.3 is 15.8 Å². The quantitative estimate of drug-likeness (QED) is 0.762. The summed E-state index contributed by atoms with van der Waals surface area (Å²) in [6.07, 6.45) is 7.87. The summed E-state index contributed by atoms with van der Waals surface area (Å²) in [6, 6.07) is 0. The molecule has 3 aliphatic rings. The Kier molecular flexibility index (Phi) is 4.48. The Bertz CT molecular complexity index is 614. The van der Waals surface area contributed by atoms with E-state index in [9.17, 15) is 9.59 Å². The Balaban J connectivity index is 1.69. The zero-order valence-corrected chi connectivity index (χ0v) is 13.9. The van der Waals surface area contributed by atoms with Crippen LogP contribution in [0.4, 0.5) is 0 Å². The van der Waals surface area contributed by atoms with E-state index in [4.69, 9.17) is 10.5 Å². The van der Waals surface area contributed by atoms with Gasteiger partial charge in [-0.1, -0.05) is 23.9 Å². The number of amides is 1. The number of aliphatic imine (C=N–C) groups is 1. The molecule has 0 saturated carbocycles.